The molecule has 8 nitrogen and oxygen atoms in total. The van der Waals surface area contributed by atoms with Gasteiger partial charge in [0.2, 0.25) is 5.88 Å². The van der Waals surface area contributed by atoms with Gasteiger partial charge in [0.05, 0.1) is 16.9 Å². The van der Waals surface area contributed by atoms with Gasteiger partial charge in [-0.05, 0) is 58.6 Å². The van der Waals surface area contributed by atoms with Crippen molar-refractivity contribution in [2.75, 3.05) is 13.2 Å². The molecule has 1 aliphatic carbocycles. The van der Waals surface area contributed by atoms with Crippen LogP contribution in [0.2, 0.25) is 0 Å². The van der Waals surface area contributed by atoms with E-state index in [0.717, 1.165) is 36.6 Å². The maximum Gasteiger partial charge on any atom is 0.410 e. The average Bonchev–Trinajstić information content (AvgIpc) is 3.06. The Bertz CT molecular complexity index is 1080. The molecule has 1 saturated carbocycles. The molecule has 2 bridgehead atoms. The summed E-state index contributed by atoms with van der Waals surface area (Å²) >= 11 is 0. The summed E-state index contributed by atoms with van der Waals surface area (Å²) in [5.74, 6) is 0.363. The molecule has 0 spiro atoms. The van der Waals surface area contributed by atoms with Gasteiger partial charge in [0, 0.05) is 24.0 Å². The average molecular weight is 453 g/mol. The van der Waals surface area contributed by atoms with Crippen molar-refractivity contribution in [3.05, 3.63) is 30.6 Å². The number of nitrogens with zero attached hydrogens (tertiary/aromatic N) is 4. The number of benzene rings is 1. The molecule has 176 valence electrons. The first-order valence-electron chi connectivity index (χ1n) is 11.8. The number of ether oxygens (including phenoxy) is 2. The molecule has 0 unspecified atom stereocenters. The molecule has 3 aliphatic rings. The third kappa shape index (κ3) is 3.79. The molecule has 33 heavy (non-hydrogen) atoms. The number of amides is 2. The summed E-state index contributed by atoms with van der Waals surface area (Å²) in [6.45, 7) is 8.32. The normalized spacial score (nSPS) is 28.7. The van der Waals surface area contributed by atoms with Crippen LogP contribution in [-0.4, -0.2) is 68.6 Å². The van der Waals surface area contributed by atoms with Gasteiger partial charge >= 0.3 is 6.09 Å². The Labute approximate surface area is 194 Å². The van der Waals surface area contributed by atoms with Crippen molar-refractivity contribution in [3.8, 4) is 5.88 Å². The Hall–Kier alpha value is -2.90. The zero-order valence-electron chi connectivity index (χ0n) is 19.8. The molecule has 8 heteroatoms. The van der Waals surface area contributed by atoms with E-state index in [2.05, 4.69) is 16.9 Å². The number of para-hydroxylation sites is 1. The fraction of sp³-hybridized carbons (Fsp3) is 0.600. The Morgan fingerprint density at radius 1 is 1.15 bits per heavy atom. The van der Waals surface area contributed by atoms with Gasteiger partial charge in [-0.15, -0.1) is 0 Å². The highest BCUT2D eigenvalue weighted by Crippen LogP contribution is 2.54. The van der Waals surface area contributed by atoms with E-state index in [0.29, 0.717) is 12.4 Å². The van der Waals surface area contributed by atoms with Gasteiger partial charge in [0.1, 0.15) is 11.9 Å². The van der Waals surface area contributed by atoms with Crippen LogP contribution in [0.4, 0.5) is 4.79 Å². The summed E-state index contributed by atoms with van der Waals surface area (Å²) in [4.78, 5) is 38.9. The minimum atomic E-state index is -0.549. The monoisotopic (exact) mass is 452 g/mol. The van der Waals surface area contributed by atoms with Crippen LogP contribution in [0.1, 0.15) is 53.4 Å². The van der Waals surface area contributed by atoms with Crippen LogP contribution in [0.3, 0.4) is 0 Å². The number of carbonyl (C=O) groups is 2. The molecule has 2 saturated heterocycles. The zero-order valence-corrected chi connectivity index (χ0v) is 19.8. The molecular weight excluding hydrogens is 420 g/mol. The first-order valence-corrected chi connectivity index (χ1v) is 11.8. The van der Waals surface area contributed by atoms with Crippen LogP contribution in [-0.2, 0) is 9.53 Å². The van der Waals surface area contributed by atoms with Crippen molar-refractivity contribution in [3.63, 3.8) is 0 Å². The third-order valence-corrected chi connectivity index (χ3v) is 7.42. The van der Waals surface area contributed by atoms with Gasteiger partial charge in [-0.3, -0.25) is 4.79 Å². The van der Waals surface area contributed by atoms with Crippen molar-refractivity contribution >= 4 is 22.9 Å². The first-order chi connectivity index (χ1) is 15.7. The summed E-state index contributed by atoms with van der Waals surface area (Å²) in [5, 5.41) is 0.786. The number of carbonyl (C=O) groups excluding carboxylic acids is 2. The van der Waals surface area contributed by atoms with Crippen LogP contribution in [0, 0.1) is 5.41 Å². The minimum absolute atomic E-state index is 0.0277. The van der Waals surface area contributed by atoms with E-state index in [1.165, 1.54) is 6.33 Å². The third-order valence-electron chi connectivity index (χ3n) is 7.42. The molecule has 4 atom stereocenters. The first kappa shape index (κ1) is 21.9. The van der Waals surface area contributed by atoms with Crippen LogP contribution in [0.15, 0.2) is 30.6 Å². The molecule has 0 radical (unpaired) electrons. The quantitative estimate of drug-likeness (QED) is 0.705. The molecule has 5 rings (SSSR count). The van der Waals surface area contributed by atoms with Crippen molar-refractivity contribution in [1.29, 1.82) is 0 Å². The smallest absolute Gasteiger partial charge is 0.410 e. The summed E-state index contributed by atoms with van der Waals surface area (Å²) in [7, 11) is 0. The second-order valence-electron chi connectivity index (χ2n) is 10.7. The summed E-state index contributed by atoms with van der Waals surface area (Å²) in [6, 6.07) is 7.76. The lowest BCUT2D eigenvalue weighted by atomic mass is 9.66. The molecular formula is C25H32N4O4. The number of aromatic nitrogens is 2. The van der Waals surface area contributed by atoms with Crippen LogP contribution < -0.4 is 4.74 Å². The highest BCUT2D eigenvalue weighted by atomic mass is 16.6. The van der Waals surface area contributed by atoms with Gasteiger partial charge in [0.25, 0.3) is 5.91 Å². The maximum atomic E-state index is 13.5. The van der Waals surface area contributed by atoms with Gasteiger partial charge in [-0.25, -0.2) is 14.8 Å². The van der Waals surface area contributed by atoms with Gasteiger partial charge in [-0.1, -0.05) is 19.1 Å². The molecule has 3 heterocycles. The standard InChI is InChI=1S/C25H32N4O4/c1-24(2,3)33-23(31)28-13-16-12-25(4)19(28)10-7-11-20(25)29(16)21(30)14-32-22-17-8-5-6-9-18(17)26-15-27-22/h5-6,8-9,15-16,19-20H,7,10-14H2,1-4H3/t16-,19+,20-,25+/m0/s1. The molecule has 2 amide bonds. The summed E-state index contributed by atoms with van der Waals surface area (Å²) < 4.78 is 11.6. The second-order valence-corrected chi connectivity index (χ2v) is 10.7. The van der Waals surface area contributed by atoms with Crippen molar-refractivity contribution in [2.45, 2.75) is 77.1 Å². The SMILES string of the molecule is CC(C)(C)OC(=O)N1C[C@@H]2C[C@@]3(C)[C@H](CCC[C@@H]13)N2C(=O)COc1ncnc2ccccc12. The molecule has 1 aromatic carbocycles. The molecule has 0 N–H and O–H groups in total. The lowest BCUT2D eigenvalue weighted by Gasteiger charge is -2.49. The predicted molar refractivity (Wildman–Crippen MR) is 123 cm³/mol. The van der Waals surface area contributed by atoms with E-state index in [1.807, 2.05) is 54.8 Å². The highest BCUT2D eigenvalue weighted by Gasteiger charge is 2.62. The zero-order chi connectivity index (χ0) is 23.4. The van der Waals surface area contributed by atoms with E-state index >= 15 is 0 Å². The van der Waals surface area contributed by atoms with Gasteiger partial charge in [0.15, 0.2) is 6.61 Å². The maximum absolute atomic E-state index is 13.5. The van der Waals surface area contributed by atoms with E-state index in [1.54, 1.807) is 0 Å². The van der Waals surface area contributed by atoms with Crippen LogP contribution in [0.5, 0.6) is 5.88 Å². The highest BCUT2D eigenvalue weighted by molar-refractivity contribution is 5.84. The Balaban J connectivity index is 1.36. The van der Waals surface area contributed by atoms with E-state index in [9.17, 15) is 9.59 Å². The predicted octanol–water partition coefficient (Wildman–Crippen LogP) is 3.79. The van der Waals surface area contributed by atoms with Gasteiger partial charge < -0.3 is 19.3 Å². The Kier molecular flexibility index (Phi) is 5.21. The van der Waals surface area contributed by atoms with Crippen molar-refractivity contribution in [1.82, 2.24) is 19.8 Å². The molecule has 2 aliphatic heterocycles. The number of rotatable bonds is 3. The fourth-order valence-electron chi connectivity index (χ4n) is 6.19. The fourth-order valence-corrected chi connectivity index (χ4v) is 6.19. The Morgan fingerprint density at radius 2 is 1.91 bits per heavy atom. The molecule has 3 fully saturated rings. The van der Waals surface area contributed by atoms with Gasteiger partial charge in [-0.2, -0.15) is 0 Å². The van der Waals surface area contributed by atoms with Crippen molar-refractivity contribution in [2.24, 2.45) is 5.41 Å². The van der Waals surface area contributed by atoms with E-state index in [-0.39, 0.29) is 42.1 Å². The molecule has 1 aromatic heterocycles. The van der Waals surface area contributed by atoms with Crippen LogP contribution >= 0.6 is 0 Å². The number of likely N-dealkylation sites (tertiary alicyclic amines) is 2. The lowest BCUT2D eigenvalue weighted by molar-refractivity contribution is -0.137. The summed E-state index contributed by atoms with van der Waals surface area (Å²) in [5.41, 5.74) is 0.101. The lowest BCUT2D eigenvalue weighted by Crippen LogP contribution is -2.58. The second kappa shape index (κ2) is 7.85. The van der Waals surface area contributed by atoms with Crippen molar-refractivity contribution < 1.29 is 19.1 Å². The van der Waals surface area contributed by atoms with E-state index < -0.39 is 5.60 Å². The number of hydrogen-bond donors (Lipinski definition) is 0. The summed E-state index contributed by atoms with van der Waals surface area (Å²) in [6.07, 6.45) is 4.97. The van der Waals surface area contributed by atoms with E-state index in [4.69, 9.17) is 9.47 Å². The number of fused-ring (bicyclic) bond motifs is 2. The topological polar surface area (TPSA) is 84.9 Å². The Morgan fingerprint density at radius 3 is 2.70 bits per heavy atom. The minimum Gasteiger partial charge on any atom is -0.467 e. The number of piperidine rings is 1. The number of hydrogen-bond acceptors (Lipinski definition) is 6. The molecule has 2 aromatic rings. The largest absolute Gasteiger partial charge is 0.467 e. The van der Waals surface area contributed by atoms with Crippen LogP contribution in [0.25, 0.3) is 10.9 Å².